The summed E-state index contributed by atoms with van der Waals surface area (Å²) in [5.41, 5.74) is 4.59. The number of para-hydroxylation sites is 1. The van der Waals surface area contributed by atoms with Crippen LogP contribution in [0.15, 0.2) is 83.9 Å². The fourth-order valence-corrected chi connectivity index (χ4v) is 6.28. The number of anilines is 1. The minimum absolute atomic E-state index is 0.105. The molecule has 1 saturated heterocycles. The molecule has 3 aromatic carbocycles. The number of H-pyrrole nitrogens is 1. The third-order valence-corrected chi connectivity index (χ3v) is 8.87. The Kier molecular flexibility index (Phi) is 7.51. The van der Waals surface area contributed by atoms with Crippen LogP contribution in [0.1, 0.15) is 27.4 Å². The van der Waals surface area contributed by atoms with Gasteiger partial charge in [0.1, 0.15) is 0 Å². The summed E-state index contributed by atoms with van der Waals surface area (Å²) >= 11 is 0. The first-order valence-electron chi connectivity index (χ1n) is 12.6. The fourth-order valence-electron chi connectivity index (χ4n) is 4.83. The van der Waals surface area contributed by atoms with E-state index in [4.69, 9.17) is 4.74 Å². The van der Waals surface area contributed by atoms with Crippen molar-refractivity contribution in [3.63, 3.8) is 0 Å². The maximum Gasteiger partial charge on any atom is 0.251 e. The highest BCUT2D eigenvalue weighted by Gasteiger charge is 2.27. The van der Waals surface area contributed by atoms with Crippen LogP contribution in [-0.4, -0.2) is 70.6 Å². The number of nitrogens with zero attached hydrogens (tertiary/aromatic N) is 2. The van der Waals surface area contributed by atoms with E-state index in [1.165, 1.54) is 16.4 Å². The average Bonchev–Trinajstić information content (AvgIpc) is 3.38. The number of hydrogen-bond donors (Lipinski definition) is 2. The van der Waals surface area contributed by atoms with Gasteiger partial charge in [-0.15, -0.1) is 0 Å². The summed E-state index contributed by atoms with van der Waals surface area (Å²) in [6.07, 6.45) is 2.00. The standard InChI is InChI=1S/C29H32N4O4S/c1-32(2)23-12-10-21(11-13-23)26(27-20-30-28-9-4-3-8-25(27)28)19-31-29(34)22-6-5-7-24(18-22)38(35,36)33-14-16-37-17-15-33/h3-13,18,20,26,30H,14-17,19H2,1-2H3,(H,31,34)/t26-/m0/s1. The first-order chi connectivity index (χ1) is 18.3. The molecule has 38 heavy (non-hydrogen) atoms. The minimum Gasteiger partial charge on any atom is -0.379 e. The highest BCUT2D eigenvalue weighted by molar-refractivity contribution is 7.89. The van der Waals surface area contributed by atoms with E-state index in [0.717, 1.165) is 27.7 Å². The molecule has 0 bridgehead atoms. The molecule has 198 valence electrons. The number of amides is 1. The summed E-state index contributed by atoms with van der Waals surface area (Å²) in [7, 11) is 0.301. The molecule has 5 rings (SSSR count). The molecule has 1 atom stereocenters. The van der Waals surface area contributed by atoms with Crippen molar-refractivity contribution < 1.29 is 17.9 Å². The second-order valence-corrected chi connectivity index (χ2v) is 11.5. The molecular formula is C29H32N4O4S. The van der Waals surface area contributed by atoms with Gasteiger partial charge in [-0.05, 0) is 47.5 Å². The topological polar surface area (TPSA) is 94.7 Å². The van der Waals surface area contributed by atoms with Crippen LogP contribution < -0.4 is 10.2 Å². The van der Waals surface area contributed by atoms with Crippen LogP contribution in [-0.2, 0) is 14.8 Å². The number of sulfonamides is 1. The van der Waals surface area contributed by atoms with Crippen molar-refractivity contribution in [3.05, 3.63) is 95.7 Å². The monoisotopic (exact) mass is 532 g/mol. The lowest BCUT2D eigenvalue weighted by Gasteiger charge is -2.26. The smallest absolute Gasteiger partial charge is 0.251 e. The lowest BCUT2D eigenvalue weighted by Crippen LogP contribution is -2.40. The van der Waals surface area contributed by atoms with E-state index in [-0.39, 0.29) is 16.7 Å². The number of rotatable bonds is 8. The average molecular weight is 533 g/mol. The van der Waals surface area contributed by atoms with Gasteiger partial charge in [-0.2, -0.15) is 4.31 Å². The molecule has 2 heterocycles. The molecule has 0 saturated carbocycles. The number of fused-ring (bicyclic) bond motifs is 1. The van der Waals surface area contributed by atoms with Crippen molar-refractivity contribution in [2.45, 2.75) is 10.8 Å². The molecule has 2 N–H and O–H groups in total. The first-order valence-corrected chi connectivity index (χ1v) is 14.1. The third kappa shape index (κ3) is 5.31. The van der Waals surface area contributed by atoms with Crippen LogP contribution in [0.3, 0.4) is 0 Å². The molecule has 0 aliphatic carbocycles. The molecule has 1 aromatic heterocycles. The van der Waals surface area contributed by atoms with Gasteiger partial charge in [0.05, 0.1) is 18.1 Å². The molecule has 1 amide bonds. The zero-order valence-corrected chi connectivity index (χ0v) is 22.4. The van der Waals surface area contributed by atoms with Gasteiger partial charge in [0, 0.05) is 68.0 Å². The molecule has 1 aliphatic rings. The Bertz CT molecular complexity index is 1520. The van der Waals surface area contributed by atoms with Gasteiger partial charge in [0.15, 0.2) is 0 Å². The third-order valence-electron chi connectivity index (χ3n) is 6.98. The Morgan fingerprint density at radius 3 is 2.50 bits per heavy atom. The van der Waals surface area contributed by atoms with E-state index in [0.29, 0.717) is 38.4 Å². The molecule has 4 aromatic rings. The number of morpholine rings is 1. The second kappa shape index (κ2) is 11.0. The highest BCUT2D eigenvalue weighted by atomic mass is 32.2. The van der Waals surface area contributed by atoms with Gasteiger partial charge in [0.2, 0.25) is 10.0 Å². The molecule has 9 heteroatoms. The van der Waals surface area contributed by atoms with Crippen molar-refractivity contribution in [2.24, 2.45) is 0 Å². The van der Waals surface area contributed by atoms with Gasteiger partial charge in [-0.1, -0.05) is 36.4 Å². The Morgan fingerprint density at radius 1 is 1.03 bits per heavy atom. The summed E-state index contributed by atoms with van der Waals surface area (Å²) in [4.78, 5) is 18.8. The summed E-state index contributed by atoms with van der Waals surface area (Å²) in [6, 6.07) is 22.6. The van der Waals surface area contributed by atoms with Gasteiger partial charge < -0.3 is 19.9 Å². The Hall–Kier alpha value is -3.66. The zero-order valence-electron chi connectivity index (χ0n) is 21.6. The van der Waals surface area contributed by atoms with E-state index >= 15 is 0 Å². The number of aromatic amines is 1. The first kappa shape index (κ1) is 26.0. The Labute approximate surface area is 223 Å². The number of benzene rings is 3. The number of aromatic nitrogens is 1. The van der Waals surface area contributed by atoms with Crippen LogP contribution in [0.25, 0.3) is 10.9 Å². The second-order valence-electron chi connectivity index (χ2n) is 9.58. The molecule has 0 radical (unpaired) electrons. The molecule has 8 nitrogen and oxygen atoms in total. The molecule has 1 fully saturated rings. The largest absolute Gasteiger partial charge is 0.379 e. The van der Waals surface area contributed by atoms with Crippen molar-refractivity contribution in [2.75, 3.05) is 51.8 Å². The molecule has 1 aliphatic heterocycles. The van der Waals surface area contributed by atoms with E-state index in [9.17, 15) is 13.2 Å². The van der Waals surface area contributed by atoms with Crippen LogP contribution in [0, 0.1) is 0 Å². The number of hydrogen-bond acceptors (Lipinski definition) is 5. The van der Waals surface area contributed by atoms with Crippen molar-refractivity contribution in [1.29, 1.82) is 0 Å². The van der Waals surface area contributed by atoms with Crippen LogP contribution in [0.5, 0.6) is 0 Å². The maximum atomic E-state index is 13.3. The SMILES string of the molecule is CN(C)c1ccc([C@H](CNC(=O)c2cccc(S(=O)(=O)N3CCOCC3)c2)c2c[nH]c3ccccc23)cc1. The Morgan fingerprint density at radius 2 is 1.76 bits per heavy atom. The van der Waals surface area contributed by atoms with Gasteiger partial charge in [-0.3, -0.25) is 4.79 Å². The maximum absolute atomic E-state index is 13.3. The number of carbonyl (C=O) groups excluding carboxylic acids is 1. The summed E-state index contributed by atoms with van der Waals surface area (Å²) in [6.45, 7) is 1.69. The molecular weight excluding hydrogens is 500 g/mol. The lowest BCUT2D eigenvalue weighted by atomic mass is 9.90. The summed E-state index contributed by atoms with van der Waals surface area (Å²) in [5, 5.41) is 4.15. The van der Waals surface area contributed by atoms with Crippen molar-refractivity contribution in [1.82, 2.24) is 14.6 Å². The Balaban J connectivity index is 1.40. The van der Waals surface area contributed by atoms with E-state index in [2.05, 4.69) is 40.6 Å². The molecule has 0 unspecified atom stereocenters. The predicted molar refractivity (Wildman–Crippen MR) is 149 cm³/mol. The van der Waals surface area contributed by atoms with Crippen molar-refractivity contribution >= 4 is 32.5 Å². The number of nitrogens with one attached hydrogen (secondary N) is 2. The number of carbonyl (C=O) groups is 1. The lowest BCUT2D eigenvalue weighted by molar-refractivity contribution is 0.0730. The zero-order chi connectivity index (χ0) is 26.7. The summed E-state index contributed by atoms with van der Waals surface area (Å²) < 4.78 is 32.9. The quantitative estimate of drug-likeness (QED) is 0.360. The highest BCUT2D eigenvalue weighted by Crippen LogP contribution is 2.31. The van der Waals surface area contributed by atoms with Gasteiger partial charge in [0.25, 0.3) is 5.91 Å². The normalized spacial score (nSPS) is 15.3. The van der Waals surface area contributed by atoms with Crippen molar-refractivity contribution in [3.8, 4) is 0 Å². The number of ether oxygens (including phenoxy) is 1. The summed E-state index contributed by atoms with van der Waals surface area (Å²) in [5.74, 6) is -0.426. The van der Waals surface area contributed by atoms with E-state index in [1.54, 1.807) is 12.1 Å². The van der Waals surface area contributed by atoms with E-state index < -0.39 is 10.0 Å². The fraction of sp³-hybridized carbons (Fsp3) is 0.276. The van der Waals surface area contributed by atoms with Crippen LogP contribution >= 0.6 is 0 Å². The van der Waals surface area contributed by atoms with Gasteiger partial charge in [-0.25, -0.2) is 8.42 Å². The van der Waals surface area contributed by atoms with Gasteiger partial charge >= 0.3 is 0 Å². The predicted octanol–water partition coefficient (Wildman–Crippen LogP) is 3.82. The van der Waals surface area contributed by atoms with E-state index in [1.807, 2.05) is 43.4 Å². The van der Waals surface area contributed by atoms with Crippen LogP contribution in [0.4, 0.5) is 5.69 Å². The molecule has 0 spiro atoms. The van der Waals surface area contributed by atoms with Crippen LogP contribution in [0.2, 0.25) is 0 Å². The minimum atomic E-state index is -3.70.